The zero-order valence-electron chi connectivity index (χ0n) is 22.7. The summed E-state index contributed by atoms with van der Waals surface area (Å²) in [6.45, 7) is 0.996. The van der Waals surface area contributed by atoms with Crippen LogP contribution < -0.4 is 19.7 Å². The molecule has 1 fully saturated rings. The number of methoxy groups -OCH3 is 1. The molecule has 0 aromatic heterocycles. The second kappa shape index (κ2) is 12.4. The number of nitrogens with one attached hydrogen (secondary N) is 1. The van der Waals surface area contributed by atoms with Crippen LogP contribution in [0.2, 0.25) is 0 Å². The summed E-state index contributed by atoms with van der Waals surface area (Å²) in [6, 6.07) is 18.0. The maximum absolute atomic E-state index is 13.7. The summed E-state index contributed by atoms with van der Waals surface area (Å²) in [5.74, 6) is -0.658. The summed E-state index contributed by atoms with van der Waals surface area (Å²) in [6.07, 6.45) is 0.472. The summed E-state index contributed by atoms with van der Waals surface area (Å²) < 4.78 is 24.5. The fourth-order valence-electron chi connectivity index (χ4n) is 5.26. The van der Waals surface area contributed by atoms with E-state index in [9.17, 15) is 23.9 Å². The third-order valence-corrected chi connectivity index (χ3v) is 7.34. The number of nitrogens with zero attached hydrogens (tertiary/aromatic N) is 2. The molecule has 2 aliphatic rings. The van der Waals surface area contributed by atoms with E-state index < -0.39 is 23.7 Å². The normalized spacial score (nSPS) is 17.3. The number of anilines is 1. The first-order valence-corrected chi connectivity index (χ1v) is 13.5. The minimum atomic E-state index is -0.907. The van der Waals surface area contributed by atoms with Gasteiger partial charge in [-0.15, -0.1) is 0 Å². The van der Waals surface area contributed by atoms with Crippen molar-refractivity contribution in [1.82, 2.24) is 10.2 Å². The molecule has 2 N–H and O–H groups in total. The van der Waals surface area contributed by atoms with Crippen LogP contribution in [0.25, 0.3) is 0 Å². The average molecular weight is 562 g/mol. The maximum Gasteiger partial charge on any atom is 0.263 e. The van der Waals surface area contributed by atoms with Crippen molar-refractivity contribution in [3.05, 3.63) is 89.2 Å². The molecule has 0 bridgehead atoms. The lowest BCUT2D eigenvalue weighted by Crippen LogP contribution is -2.45. The van der Waals surface area contributed by atoms with E-state index in [4.69, 9.17) is 9.47 Å². The van der Waals surface area contributed by atoms with Gasteiger partial charge in [-0.25, -0.2) is 4.39 Å². The van der Waals surface area contributed by atoms with Crippen LogP contribution in [0.3, 0.4) is 0 Å². The van der Waals surface area contributed by atoms with Crippen LogP contribution in [0.5, 0.6) is 11.5 Å². The SMILES string of the molecule is COc1cccc(OC[C@@H](O)CNC(=O)[C@H]2CCCN(c3cccc4c3C(=O)N(Cc3cccc(F)c3)C4=O)C2)c1. The molecule has 3 aromatic rings. The molecule has 0 radical (unpaired) electrons. The average Bonchev–Trinajstić information content (AvgIpc) is 3.23. The Balaban J connectivity index is 1.20. The topological polar surface area (TPSA) is 108 Å². The van der Waals surface area contributed by atoms with Crippen LogP contribution in [-0.4, -0.2) is 67.2 Å². The molecule has 9 nitrogen and oxygen atoms in total. The Morgan fingerprint density at radius 1 is 1.07 bits per heavy atom. The molecule has 2 atom stereocenters. The van der Waals surface area contributed by atoms with E-state index in [1.54, 1.807) is 61.7 Å². The van der Waals surface area contributed by atoms with Gasteiger partial charge in [0, 0.05) is 25.7 Å². The predicted molar refractivity (Wildman–Crippen MR) is 149 cm³/mol. The Labute approximate surface area is 237 Å². The third-order valence-electron chi connectivity index (χ3n) is 7.34. The fourth-order valence-corrected chi connectivity index (χ4v) is 5.26. The number of benzene rings is 3. The van der Waals surface area contributed by atoms with Crippen molar-refractivity contribution >= 4 is 23.4 Å². The van der Waals surface area contributed by atoms with Crippen molar-refractivity contribution in [1.29, 1.82) is 0 Å². The fraction of sp³-hybridized carbons (Fsp3) is 0.323. The van der Waals surface area contributed by atoms with Crippen LogP contribution in [0.4, 0.5) is 10.1 Å². The Hall–Kier alpha value is -4.44. The number of amides is 3. The standard InChI is InChI=1S/C31H32FN3O6/c1-40-24-9-3-10-25(15-24)41-19-23(36)16-33-29(37)21-7-5-13-34(18-21)27-12-4-11-26-28(27)31(39)35(30(26)38)17-20-6-2-8-22(32)14-20/h2-4,6,8-12,14-15,21,23,36H,5,7,13,16-19H2,1H3,(H,33,37)/t21-,23-/m0/s1. The van der Waals surface area contributed by atoms with E-state index in [1.807, 2.05) is 4.90 Å². The number of piperidine rings is 1. The van der Waals surface area contributed by atoms with E-state index in [1.165, 1.54) is 12.1 Å². The van der Waals surface area contributed by atoms with E-state index in [2.05, 4.69) is 5.32 Å². The molecule has 3 aromatic carbocycles. The Bertz CT molecular complexity index is 1450. The van der Waals surface area contributed by atoms with Gasteiger partial charge in [-0.05, 0) is 54.8 Å². The quantitative estimate of drug-likeness (QED) is 0.365. The maximum atomic E-state index is 13.7. The van der Waals surface area contributed by atoms with Gasteiger partial charge in [0.2, 0.25) is 5.91 Å². The van der Waals surface area contributed by atoms with Crippen molar-refractivity contribution in [3.63, 3.8) is 0 Å². The molecule has 1 saturated heterocycles. The van der Waals surface area contributed by atoms with Crippen LogP contribution in [0.1, 0.15) is 39.1 Å². The smallest absolute Gasteiger partial charge is 0.263 e. The van der Waals surface area contributed by atoms with E-state index in [-0.39, 0.29) is 31.5 Å². The number of hydrogen-bond acceptors (Lipinski definition) is 7. The number of rotatable bonds is 10. The molecule has 0 unspecified atom stereocenters. The van der Waals surface area contributed by atoms with Crippen LogP contribution in [0, 0.1) is 11.7 Å². The molecule has 0 spiro atoms. The number of imide groups is 1. The van der Waals surface area contributed by atoms with Gasteiger partial charge in [0.05, 0.1) is 36.4 Å². The number of carbonyl (C=O) groups excluding carboxylic acids is 3. The first-order chi connectivity index (χ1) is 19.8. The molecule has 5 rings (SSSR count). The van der Waals surface area contributed by atoms with Gasteiger partial charge in [-0.2, -0.15) is 0 Å². The Morgan fingerprint density at radius 2 is 1.85 bits per heavy atom. The van der Waals surface area contributed by atoms with Crippen molar-refractivity contribution in [2.24, 2.45) is 5.92 Å². The zero-order chi connectivity index (χ0) is 28.9. The first-order valence-electron chi connectivity index (χ1n) is 13.5. The summed E-state index contributed by atoms with van der Waals surface area (Å²) in [7, 11) is 1.56. The molecular formula is C31H32FN3O6. The van der Waals surface area contributed by atoms with Crippen LogP contribution in [0.15, 0.2) is 66.7 Å². The van der Waals surface area contributed by atoms with Crippen molar-refractivity contribution in [2.75, 3.05) is 38.3 Å². The molecule has 214 valence electrons. The molecule has 10 heteroatoms. The van der Waals surface area contributed by atoms with Gasteiger partial charge in [0.1, 0.15) is 30.0 Å². The molecule has 0 saturated carbocycles. The minimum absolute atomic E-state index is 0.00263. The summed E-state index contributed by atoms with van der Waals surface area (Å²) in [5, 5.41) is 13.2. The molecule has 41 heavy (non-hydrogen) atoms. The number of aliphatic hydroxyl groups excluding tert-OH is 1. The monoisotopic (exact) mass is 561 g/mol. The van der Waals surface area contributed by atoms with E-state index in [0.29, 0.717) is 53.4 Å². The third kappa shape index (κ3) is 6.33. The summed E-state index contributed by atoms with van der Waals surface area (Å²) in [5.41, 5.74) is 1.73. The van der Waals surface area contributed by atoms with Gasteiger partial charge >= 0.3 is 0 Å². The van der Waals surface area contributed by atoms with Gasteiger partial charge in [-0.3, -0.25) is 19.3 Å². The summed E-state index contributed by atoms with van der Waals surface area (Å²) in [4.78, 5) is 42.6. The lowest BCUT2D eigenvalue weighted by molar-refractivity contribution is -0.125. The number of hydrogen-bond donors (Lipinski definition) is 2. The number of fused-ring (bicyclic) bond motifs is 1. The zero-order valence-corrected chi connectivity index (χ0v) is 22.7. The second-order valence-corrected chi connectivity index (χ2v) is 10.2. The van der Waals surface area contributed by atoms with Gasteiger partial charge in [0.25, 0.3) is 11.8 Å². The molecule has 2 heterocycles. The Kier molecular flexibility index (Phi) is 8.49. The Morgan fingerprint density at radius 3 is 2.66 bits per heavy atom. The highest BCUT2D eigenvalue weighted by atomic mass is 19.1. The molecular weight excluding hydrogens is 529 g/mol. The highest BCUT2D eigenvalue weighted by Crippen LogP contribution is 2.34. The molecule has 2 aliphatic heterocycles. The predicted octanol–water partition coefficient (Wildman–Crippen LogP) is 3.40. The van der Waals surface area contributed by atoms with Gasteiger partial charge < -0.3 is 24.8 Å². The second-order valence-electron chi connectivity index (χ2n) is 10.2. The lowest BCUT2D eigenvalue weighted by atomic mass is 9.95. The number of ether oxygens (including phenoxy) is 2. The number of carbonyl (C=O) groups is 3. The highest BCUT2D eigenvalue weighted by molar-refractivity contribution is 6.23. The van der Waals surface area contributed by atoms with E-state index >= 15 is 0 Å². The number of halogens is 1. The summed E-state index contributed by atoms with van der Waals surface area (Å²) >= 11 is 0. The largest absolute Gasteiger partial charge is 0.497 e. The van der Waals surface area contributed by atoms with Gasteiger partial charge in [0.15, 0.2) is 0 Å². The molecule has 0 aliphatic carbocycles. The van der Waals surface area contributed by atoms with Crippen molar-refractivity contribution < 1.29 is 33.4 Å². The highest BCUT2D eigenvalue weighted by Gasteiger charge is 2.39. The molecule has 3 amide bonds. The first kappa shape index (κ1) is 28.1. The van der Waals surface area contributed by atoms with Crippen LogP contribution in [-0.2, 0) is 11.3 Å². The number of aliphatic hydroxyl groups is 1. The lowest BCUT2D eigenvalue weighted by Gasteiger charge is -2.34. The van der Waals surface area contributed by atoms with E-state index in [0.717, 1.165) is 11.3 Å². The minimum Gasteiger partial charge on any atom is -0.497 e. The van der Waals surface area contributed by atoms with Crippen molar-refractivity contribution in [2.45, 2.75) is 25.5 Å². The van der Waals surface area contributed by atoms with Crippen LogP contribution >= 0.6 is 0 Å². The van der Waals surface area contributed by atoms with Gasteiger partial charge in [-0.1, -0.05) is 24.3 Å². The van der Waals surface area contributed by atoms with Crippen molar-refractivity contribution in [3.8, 4) is 11.5 Å².